The van der Waals surface area contributed by atoms with E-state index in [0.717, 1.165) is 5.57 Å². The van der Waals surface area contributed by atoms with Crippen LogP contribution in [0.3, 0.4) is 0 Å². The fraction of sp³-hybridized carbons (Fsp3) is 0.667. The van der Waals surface area contributed by atoms with Crippen molar-refractivity contribution in [1.29, 1.82) is 0 Å². The maximum Gasteiger partial charge on any atom is 0.343 e. The van der Waals surface area contributed by atoms with Crippen molar-refractivity contribution in [3.8, 4) is 0 Å². The molecule has 66 valence electrons. The van der Waals surface area contributed by atoms with Crippen LogP contribution in [0.5, 0.6) is 0 Å². The summed E-state index contributed by atoms with van der Waals surface area (Å²) in [6.07, 6.45) is 2.59. The summed E-state index contributed by atoms with van der Waals surface area (Å²) in [4.78, 5) is 11.4. The molecule has 0 aromatic rings. The topological polar surface area (TPSA) is 35.5 Å². The summed E-state index contributed by atoms with van der Waals surface area (Å²) in [6, 6.07) is 0. The van der Waals surface area contributed by atoms with Crippen LogP contribution in [0.15, 0.2) is 11.6 Å². The number of hydrogen-bond donors (Lipinski definition) is 0. The second-order valence-electron chi connectivity index (χ2n) is 3.45. The van der Waals surface area contributed by atoms with Crippen LogP contribution in [0.1, 0.15) is 20.3 Å². The van der Waals surface area contributed by atoms with E-state index in [2.05, 4.69) is 0 Å². The Bertz CT molecular complexity index is 256. The maximum atomic E-state index is 11.4. The van der Waals surface area contributed by atoms with Crippen molar-refractivity contribution in [3.63, 3.8) is 0 Å². The van der Waals surface area contributed by atoms with Gasteiger partial charge in [-0.3, -0.25) is 0 Å². The number of cyclic esters (lactones) is 1. The van der Waals surface area contributed by atoms with Gasteiger partial charge in [-0.1, -0.05) is 6.08 Å². The van der Waals surface area contributed by atoms with E-state index >= 15 is 0 Å². The van der Waals surface area contributed by atoms with E-state index in [1.165, 1.54) is 0 Å². The molecule has 2 atom stereocenters. The van der Waals surface area contributed by atoms with Crippen molar-refractivity contribution in [2.75, 3.05) is 6.61 Å². The van der Waals surface area contributed by atoms with Gasteiger partial charge < -0.3 is 9.47 Å². The Morgan fingerprint density at radius 2 is 2.42 bits per heavy atom. The van der Waals surface area contributed by atoms with Gasteiger partial charge in [0.1, 0.15) is 6.10 Å². The standard InChI is InChI=1S/C9H12O3/c1-6-3-4-11-9(6)5-7(2)12-8(9)10/h3,7H,4-5H2,1-2H3/t7-,9+/m1/s1. The summed E-state index contributed by atoms with van der Waals surface area (Å²) in [6.45, 7) is 4.35. The molecule has 0 aliphatic carbocycles. The normalized spacial score (nSPS) is 40.3. The van der Waals surface area contributed by atoms with Crippen molar-refractivity contribution in [2.45, 2.75) is 32.0 Å². The molecule has 1 fully saturated rings. The molecule has 0 amide bonds. The fourth-order valence-corrected chi connectivity index (χ4v) is 1.84. The molecule has 0 radical (unpaired) electrons. The van der Waals surface area contributed by atoms with Crippen LogP contribution >= 0.6 is 0 Å². The van der Waals surface area contributed by atoms with E-state index in [9.17, 15) is 4.79 Å². The van der Waals surface area contributed by atoms with Gasteiger partial charge in [-0.15, -0.1) is 0 Å². The number of carbonyl (C=O) groups excluding carboxylic acids is 1. The minimum Gasteiger partial charge on any atom is -0.460 e. The van der Waals surface area contributed by atoms with Crippen LogP contribution in [0.4, 0.5) is 0 Å². The summed E-state index contributed by atoms with van der Waals surface area (Å²) in [5.41, 5.74) is 0.274. The zero-order chi connectivity index (χ0) is 8.77. The Morgan fingerprint density at radius 1 is 1.67 bits per heavy atom. The summed E-state index contributed by atoms with van der Waals surface area (Å²) in [5, 5.41) is 0. The second kappa shape index (κ2) is 2.33. The Balaban J connectivity index is 2.32. The van der Waals surface area contributed by atoms with E-state index in [4.69, 9.17) is 9.47 Å². The van der Waals surface area contributed by atoms with Crippen LogP contribution in [-0.4, -0.2) is 24.3 Å². The van der Waals surface area contributed by atoms with Crippen LogP contribution in [0.25, 0.3) is 0 Å². The first kappa shape index (κ1) is 7.80. The molecule has 2 rings (SSSR count). The Kier molecular flexibility index (Phi) is 1.51. The highest BCUT2D eigenvalue weighted by atomic mass is 16.6. The lowest BCUT2D eigenvalue weighted by atomic mass is 9.93. The van der Waals surface area contributed by atoms with Crippen molar-refractivity contribution in [3.05, 3.63) is 11.6 Å². The molecular formula is C9H12O3. The number of hydrogen-bond acceptors (Lipinski definition) is 3. The molecule has 3 heteroatoms. The second-order valence-corrected chi connectivity index (χ2v) is 3.45. The van der Waals surface area contributed by atoms with Crippen molar-refractivity contribution in [1.82, 2.24) is 0 Å². The van der Waals surface area contributed by atoms with Gasteiger partial charge in [0.15, 0.2) is 5.60 Å². The van der Waals surface area contributed by atoms with Crippen molar-refractivity contribution in [2.24, 2.45) is 0 Å². The first-order valence-corrected chi connectivity index (χ1v) is 4.17. The molecule has 2 aliphatic heterocycles. The molecule has 1 saturated heterocycles. The first-order chi connectivity index (χ1) is 5.65. The van der Waals surface area contributed by atoms with Crippen molar-refractivity contribution >= 4 is 5.97 Å². The Hall–Kier alpha value is -0.830. The molecule has 3 nitrogen and oxygen atoms in total. The zero-order valence-corrected chi connectivity index (χ0v) is 7.29. The van der Waals surface area contributed by atoms with Gasteiger partial charge in [0, 0.05) is 6.42 Å². The van der Waals surface area contributed by atoms with Gasteiger partial charge in [0.05, 0.1) is 6.61 Å². The summed E-state index contributed by atoms with van der Waals surface area (Å²) >= 11 is 0. The van der Waals surface area contributed by atoms with Gasteiger partial charge in [-0.05, 0) is 19.4 Å². The molecule has 1 spiro atoms. The predicted octanol–water partition coefficient (Wildman–Crippen LogP) is 1.04. The van der Waals surface area contributed by atoms with Gasteiger partial charge >= 0.3 is 5.97 Å². The van der Waals surface area contributed by atoms with Crippen LogP contribution in [0, 0.1) is 0 Å². The zero-order valence-electron chi connectivity index (χ0n) is 7.29. The Morgan fingerprint density at radius 3 is 2.83 bits per heavy atom. The molecule has 0 bridgehead atoms. The molecule has 12 heavy (non-hydrogen) atoms. The molecule has 2 aliphatic rings. The number of carbonyl (C=O) groups is 1. The first-order valence-electron chi connectivity index (χ1n) is 4.17. The lowest BCUT2D eigenvalue weighted by Crippen LogP contribution is -2.35. The third-order valence-corrected chi connectivity index (χ3v) is 2.57. The third-order valence-electron chi connectivity index (χ3n) is 2.57. The largest absolute Gasteiger partial charge is 0.460 e. The summed E-state index contributed by atoms with van der Waals surface area (Å²) < 4.78 is 10.5. The molecular weight excluding hydrogens is 156 g/mol. The highest BCUT2D eigenvalue weighted by Crippen LogP contribution is 2.38. The molecule has 0 aromatic carbocycles. The van der Waals surface area contributed by atoms with E-state index < -0.39 is 5.60 Å². The third kappa shape index (κ3) is 0.829. The minimum absolute atomic E-state index is 0.0149. The minimum atomic E-state index is -0.723. The molecule has 0 aromatic heterocycles. The van der Waals surface area contributed by atoms with Crippen LogP contribution < -0.4 is 0 Å². The van der Waals surface area contributed by atoms with Gasteiger partial charge in [0.2, 0.25) is 0 Å². The molecule has 0 unspecified atom stereocenters. The number of rotatable bonds is 0. The lowest BCUT2D eigenvalue weighted by molar-refractivity contribution is -0.153. The number of ether oxygens (including phenoxy) is 2. The van der Waals surface area contributed by atoms with Crippen molar-refractivity contribution < 1.29 is 14.3 Å². The highest BCUT2D eigenvalue weighted by molar-refractivity contribution is 5.86. The predicted molar refractivity (Wildman–Crippen MR) is 42.6 cm³/mol. The summed E-state index contributed by atoms with van der Waals surface area (Å²) in [5.74, 6) is -0.221. The van der Waals surface area contributed by atoms with Gasteiger partial charge in [-0.25, -0.2) is 4.79 Å². The average molecular weight is 168 g/mol. The Labute approximate surface area is 71.3 Å². The van der Waals surface area contributed by atoms with E-state index in [1.807, 2.05) is 19.9 Å². The monoisotopic (exact) mass is 168 g/mol. The SMILES string of the molecule is CC1=CCO[C@@]12C[C@@H](C)OC2=O. The van der Waals surface area contributed by atoms with Crippen LogP contribution in [-0.2, 0) is 14.3 Å². The highest BCUT2D eigenvalue weighted by Gasteiger charge is 2.52. The molecule has 0 saturated carbocycles. The number of esters is 1. The molecule has 2 heterocycles. The summed E-state index contributed by atoms with van der Waals surface area (Å²) in [7, 11) is 0. The smallest absolute Gasteiger partial charge is 0.343 e. The average Bonchev–Trinajstić information content (AvgIpc) is 2.44. The van der Waals surface area contributed by atoms with Gasteiger partial charge in [0.25, 0.3) is 0 Å². The quantitative estimate of drug-likeness (QED) is 0.400. The van der Waals surface area contributed by atoms with E-state index in [1.54, 1.807) is 0 Å². The van der Waals surface area contributed by atoms with Gasteiger partial charge in [-0.2, -0.15) is 0 Å². The fourth-order valence-electron chi connectivity index (χ4n) is 1.84. The van der Waals surface area contributed by atoms with E-state index in [0.29, 0.717) is 13.0 Å². The lowest BCUT2D eigenvalue weighted by Gasteiger charge is -2.19. The molecule has 0 N–H and O–H groups in total. The maximum absolute atomic E-state index is 11.4. The van der Waals surface area contributed by atoms with E-state index in [-0.39, 0.29) is 12.1 Å². The van der Waals surface area contributed by atoms with Crippen LogP contribution in [0.2, 0.25) is 0 Å².